The van der Waals surface area contributed by atoms with Crippen LogP contribution in [0.3, 0.4) is 0 Å². The molecule has 2 aliphatic heterocycles. The lowest BCUT2D eigenvalue weighted by atomic mass is 9.99. The highest BCUT2D eigenvalue weighted by Gasteiger charge is 2.51. The largest absolute Gasteiger partial charge is 0.458 e. The minimum Gasteiger partial charge on any atom is -0.458 e. The molecule has 10 heteroatoms. The summed E-state index contributed by atoms with van der Waals surface area (Å²) in [7, 11) is 1.47. The molecule has 1 unspecified atom stereocenters. The van der Waals surface area contributed by atoms with Crippen molar-refractivity contribution in [2.75, 3.05) is 46.4 Å². The minimum absolute atomic E-state index is 0.136. The Hall–Kier alpha value is -3.40. The van der Waals surface area contributed by atoms with Crippen molar-refractivity contribution in [3.8, 4) is 0 Å². The van der Waals surface area contributed by atoms with E-state index in [0.29, 0.717) is 31.9 Å². The number of carbonyl (C=O) groups is 4. The quantitative estimate of drug-likeness (QED) is 0.695. The second kappa shape index (κ2) is 8.03. The van der Waals surface area contributed by atoms with Gasteiger partial charge in [-0.05, 0) is 19.1 Å². The number of morpholine rings is 1. The van der Waals surface area contributed by atoms with Gasteiger partial charge in [-0.15, -0.1) is 0 Å². The number of urea groups is 1. The molecule has 0 aliphatic carbocycles. The van der Waals surface area contributed by atoms with Crippen LogP contribution in [0.1, 0.15) is 12.7 Å². The highest BCUT2D eigenvalue weighted by Crippen LogP contribution is 2.32. The second-order valence-electron chi connectivity index (χ2n) is 7.84. The van der Waals surface area contributed by atoms with Crippen molar-refractivity contribution in [3.05, 3.63) is 36.1 Å². The molecule has 1 atom stereocenters. The van der Waals surface area contributed by atoms with Crippen LogP contribution in [-0.2, 0) is 24.7 Å². The first-order chi connectivity index (χ1) is 14.8. The Bertz CT molecular complexity index is 1010. The number of ether oxygens (including phenoxy) is 1. The Morgan fingerprint density at radius 2 is 1.90 bits per heavy atom. The van der Waals surface area contributed by atoms with E-state index >= 15 is 0 Å². The van der Waals surface area contributed by atoms with E-state index in [-0.39, 0.29) is 18.2 Å². The van der Waals surface area contributed by atoms with Crippen molar-refractivity contribution in [1.29, 1.82) is 0 Å². The molecule has 3 heterocycles. The number of rotatable bonds is 5. The van der Waals surface area contributed by atoms with Gasteiger partial charge in [0, 0.05) is 25.5 Å². The molecule has 31 heavy (non-hydrogen) atoms. The number of amides is 5. The van der Waals surface area contributed by atoms with Crippen LogP contribution in [0.4, 0.5) is 4.79 Å². The topological polar surface area (TPSA) is 112 Å². The maximum absolute atomic E-state index is 13.1. The van der Waals surface area contributed by atoms with Gasteiger partial charge < -0.3 is 24.3 Å². The van der Waals surface area contributed by atoms with Crippen LogP contribution in [0.5, 0.6) is 0 Å². The molecule has 2 aromatic rings. The van der Waals surface area contributed by atoms with E-state index in [4.69, 9.17) is 9.15 Å². The van der Waals surface area contributed by atoms with Gasteiger partial charge in [0.25, 0.3) is 5.91 Å². The lowest BCUT2D eigenvalue weighted by Crippen LogP contribution is -2.48. The monoisotopic (exact) mass is 428 g/mol. The van der Waals surface area contributed by atoms with Gasteiger partial charge in [-0.2, -0.15) is 0 Å². The lowest BCUT2D eigenvalue weighted by Gasteiger charge is -2.29. The van der Waals surface area contributed by atoms with Gasteiger partial charge in [0.1, 0.15) is 17.9 Å². The molecular weight excluding hydrogens is 404 g/mol. The number of hydrogen-bond donors (Lipinski definition) is 1. The van der Waals surface area contributed by atoms with E-state index in [2.05, 4.69) is 5.32 Å². The van der Waals surface area contributed by atoms with Crippen LogP contribution in [-0.4, -0.2) is 84.9 Å². The highest BCUT2D eigenvalue weighted by atomic mass is 16.5. The smallest absolute Gasteiger partial charge is 0.325 e. The summed E-state index contributed by atoms with van der Waals surface area (Å²) in [5.41, 5.74) is -0.824. The van der Waals surface area contributed by atoms with Crippen molar-refractivity contribution in [2.24, 2.45) is 0 Å². The van der Waals surface area contributed by atoms with Crippen molar-refractivity contribution in [3.63, 3.8) is 0 Å². The van der Waals surface area contributed by atoms with Gasteiger partial charge in [-0.1, -0.05) is 18.2 Å². The third kappa shape index (κ3) is 3.86. The van der Waals surface area contributed by atoms with E-state index in [1.54, 1.807) is 24.0 Å². The molecule has 1 aromatic heterocycles. The molecular formula is C21H24N4O6. The molecule has 164 valence electrons. The minimum atomic E-state index is -1.42. The number of imide groups is 1. The predicted molar refractivity (Wildman–Crippen MR) is 109 cm³/mol. The fourth-order valence-electron chi connectivity index (χ4n) is 3.70. The first kappa shape index (κ1) is 20.9. The Morgan fingerprint density at radius 3 is 2.61 bits per heavy atom. The molecule has 0 bridgehead atoms. The maximum atomic E-state index is 13.1. The first-order valence-electron chi connectivity index (χ1n) is 10.0. The number of nitrogens with one attached hydrogen (secondary N) is 1. The lowest BCUT2D eigenvalue weighted by molar-refractivity contribution is -0.143. The molecule has 10 nitrogen and oxygen atoms in total. The average Bonchev–Trinajstić information content (AvgIpc) is 3.30. The van der Waals surface area contributed by atoms with E-state index in [1.165, 1.54) is 11.9 Å². The van der Waals surface area contributed by atoms with Crippen LogP contribution < -0.4 is 5.32 Å². The fourth-order valence-corrected chi connectivity index (χ4v) is 3.70. The molecule has 5 amide bonds. The molecule has 2 saturated heterocycles. The van der Waals surface area contributed by atoms with E-state index < -0.39 is 29.9 Å². The third-order valence-electron chi connectivity index (χ3n) is 5.65. The molecule has 0 radical (unpaired) electrons. The third-order valence-corrected chi connectivity index (χ3v) is 5.65. The van der Waals surface area contributed by atoms with Crippen LogP contribution in [0.15, 0.2) is 34.7 Å². The van der Waals surface area contributed by atoms with Gasteiger partial charge in [0.15, 0.2) is 5.54 Å². The van der Waals surface area contributed by atoms with Crippen molar-refractivity contribution < 1.29 is 28.3 Å². The van der Waals surface area contributed by atoms with Gasteiger partial charge in [-0.25, -0.2) is 4.79 Å². The average molecular weight is 428 g/mol. The summed E-state index contributed by atoms with van der Waals surface area (Å²) >= 11 is 0. The molecule has 1 aromatic carbocycles. The predicted octanol–water partition coefficient (Wildman–Crippen LogP) is 0.517. The maximum Gasteiger partial charge on any atom is 0.325 e. The van der Waals surface area contributed by atoms with Crippen LogP contribution >= 0.6 is 0 Å². The zero-order chi connectivity index (χ0) is 22.2. The van der Waals surface area contributed by atoms with Crippen molar-refractivity contribution in [2.45, 2.75) is 12.5 Å². The summed E-state index contributed by atoms with van der Waals surface area (Å²) in [6.45, 7) is 2.82. The molecule has 2 fully saturated rings. The Balaban J connectivity index is 1.43. The van der Waals surface area contributed by atoms with Gasteiger partial charge in [0.2, 0.25) is 11.8 Å². The molecule has 4 rings (SSSR count). The van der Waals surface area contributed by atoms with Gasteiger partial charge >= 0.3 is 6.03 Å². The number of fused-ring (bicyclic) bond motifs is 1. The van der Waals surface area contributed by atoms with E-state index in [1.807, 2.05) is 18.2 Å². The normalized spacial score (nSPS) is 21.5. The summed E-state index contributed by atoms with van der Waals surface area (Å²) in [5, 5.41) is 3.43. The number of likely N-dealkylation sites (N-methyl/N-ethyl adjacent to an activating group) is 1. The molecule has 0 spiro atoms. The van der Waals surface area contributed by atoms with Gasteiger partial charge in [-0.3, -0.25) is 19.3 Å². The number of furan rings is 1. The van der Waals surface area contributed by atoms with Crippen molar-refractivity contribution in [1.82, 2.24) is 20.0 Å². The zero-order valence-corrected chi connectivity index (χ0v) is 17.4. The Morgan fingerprint density at radius 1 is 1.19 bits per heavy atom. The zero-order valence-electron chi connectivity index (χ0n) is 17.4. The Labute approximate surface area is 178 Å². The standard InChI is InChI=1S/C21H24N4O6/c1-21(16-11-14-5-3-4-6-15(14)31-16)19(28)25(20(29)22-21)13-17(26)23(2)12-18(27)24-7-9-30-10-8-24/h3-6,11H,7-10,12-13H2,1-2H3,(H,22,29). The number of carbonyl (C=O) groups excluding carboxylic acids is 4. The summed E-state index contributed by atoms with van der Waals surface area (Å²) < 4.78 is 11.0. The Kier molecular flexibility index (Phi) is 5.40. The summed E-state index contributed by atoms with van der Waals surface area (Å²) in [4.78, 5) is 54.3. The number of hydrogen-bond acceptors (Lipinski definition) is 6. The molecule has 1 N–H and O–H groups in total. The molecule has 2 aliphatic rings. The fraction of sp³-hybridized carbons (Fsp3) is 0.429. The second-order valence-corrected chi connectivity index (χ2v) is 7.84. The number of nitrogens with zero attached hydrogens (tertiary/aromatic N) is 3. The van der Waals surface area contributed by atoms with E-state index in [0.717, 1.165) is 10.3 Å². The summed E-state index contributed by atoms with van der Waals surface area (Å²) in [5.74, 6) is -1.02. The SMILES string of the molecule is CN(CC(=O)N1CCOCC1)C(=O)CN1C(=O)NC(C)(c2cc3ccccc3o2)C1=O. The molecule has 0 saturated carbocycles. The van der Waals surface area contributed by atoms with Crippen molar-refractivity contribution >= 4 is 34.7 Å². The van der Waals surface area contributed by atoms with Crippen LogP contribution in [0.2, 0.25) is 0 Å². The van der Waals surface area contributed by atoms with E-state index in [9.17, 15) is 19.2 Å². The first-order valence-corrected chi connectivity index (χ1v) is 10.0. The highest BCUT2D eigenvalue weighted by molar-refractivity contribution is 6.09. The summed E-state index contributed by atoms with van der Waals surface area (Å²) in [6.07, 6.45) is 0. The van der Waals surface area contributed by atoms with Gasteiger partial charge in [0.05, 0.1) is 19.8 Å². The number of para-hydroxylation sites is 1. The van der Waals surface area contributed by atoms with Crippen LogP contribution in [0.25, 0.3) is 11.0 Å². The number of benzene rings is 1. The van der Waals surface area contributed by atoms with Crippen LogP contribution in [0, 0.1) is 0 Å². The summed E-state index contributed by atoms with van der Waals surface area (Å²) in [6, 6.07) is 8.28.